The molecule has 1 saturated carbocycles. The molecule has 3 heteroatoms. The van der Waals surface area contributed by atoms with Crippen LogP contribution in [0.5, 0.6) is 0 Å². The highest BCUT2D eigenvalue weighted by Gasteiger charge is 2.33. The molecule has 3 nitrogen and oxygen atoms in total. The summed E-state index contributed by atoms with van der Waals surface area (Å²) in [6, 6.07) is 3.51. The minimum Gasteiger partial charge on any atom is -0.461 e. The lowest BCUT2D eigenvalue weighted by atomic mass is 9.78. The summed E-state index contributed by atoms with van der Waals surface area (Å²) in [5, 5.41) is 3.35. The average Bonchev–Trinajstić information content (AvgIpc) is 2.84. The van der Waals surface area contributed by atoms with Crippen LogP contribution < -0.4 is 5.32 Å². The van der Waals surface area contributed by atoms with Gasteiger partial charge in [-0.15, -0.1) is 0 Å². The van der Waals surface area contributed by atoms with Crippen molar-refractivity contribution in [1.82, 2.24) is 5.32 Å². The molecule has 1 heterocycles. The second kappa shape index (κ2) is 4.83. The Kier molecular flexibility index (Phi) is 3.44. The van der Waals surface area contributed by atoms with Gasteiger partial charge in [-0.25, -0.2) is 0 Å². The zero-order valence-corrected chi connectivity index (χ0v) is 9.79. The summed E-state index contributed by atoms with van der Waals surface area (Å²) in [6.07, 6.45) is 8.01. The molecule has 0 spiro atoms. The topological polar surface area (TPSA) is 42.2 Å². The van der Waals surface area contributed by atoms with Gasteiger partial charge in [-0.3, -0.25) is 4.79 Å². The smallest absolute Gasteiger partial charge is 0.199 e. The molecule has 16 heavy (non-hydrogen) atoms. The van der Waals surface area contributed by atoms with Gasteiger partial charge in [0.15, 0.2) is 11.5 Å². The number of nitrogens with one attached hydrogen (secondary N) is 1. The Bertz CT molecular complexity index is 337. The lowest BCUT2D eigenvalue weighted by Crippen LogP contribution is -2.46. The Morgan fingerprint density at radius 1 is 1.44 bits per heavy atom. The molecule has 0 atom stereocenters. The molecule has 1 aromatic heterocycles. The first kappa shape index (κ1) is 11.4. The molecule has 0 saturated heterocycles. The number of carbonyl (C=O) groups excluding carboxylic acids is 1. The number of Topliss-reactive ketones (excluding diaryl/α,β-unsaturated/α-hetero) is 1. The predicted molar refractivity (Wildman–Crippen MR) is 62.5 cm³/mol. The van der Waals surface area contributed by atoms with Gasteiger partial charge in [0.05, 0.1) is 6.26 Å². The van der Waals surface area contributed by atoms with E-state index >= 15 is 0 Å². The Morgan fingerprint density at radius 2 is 2.19 bits per heavy atom. The Morgan fingerprint density at radius 3 is 2.75 bits per heavy atom. The van der Waals surface area contributed by atoms with E-state index in [1.807, 2.05) is 7.05 Å². The summed E-state index contributed by atoms with van der Waals surface area (Å²) in [5.41, 5.74) is 0.00211. The summed E-state index contributed by atoms with van der Waals surface area (Å²) >= 11 is 0. The molecule has 0 aliphatic heterocycles. The van der Waals surface area contributed by atoms with Crippen LogP contribution in [-0.2, 0) is 0 Å². The second-order valence-corrected chi connectivity index (χ2v) is 4.67. The molecule has 0 bridgehead atoms. The maximum Gasteiger partial charge on any atom is 0.199 e. The van der Waals surface area contributed by atoms with Crippen molar-refractivity contribution in [2.45, 2.75) is 44.1 Å². The van der Waals surface area contributed by atoms with E-state index in [0.29, 0.717) is 12.2 Å². The van der Waals surface area contributed by atoms with E-state index in [0.717, 1.165) is 12.8 Å². The van der Waals surface area contributed by atoms with Gasteiger partial charge < -0.3 is 9.73 Å². The highest BCUT2D eigenvalue weighted by atomic mass is 16.3. The maximum atomic E-state index is 12.0. The van der Waals surface area contributed by atoms with Crippen LogP contribution in [0.1, 0.15) is 49.1 Å². The van der Waals surface area contributed by atoms with Crippen LogP contribution in [0.3, 0.4) is 0 Å². The molecule has 2 rings (SSSR count). The van der Waals surface area contributed by atoms with Gasteiger partial charge in [0.2, 0.25) is 0 Å². The summed E-state index contributed by atoms with van der Waals surface area (Å²) in [7, 11) is 1.96. The summed E-state index contributed by atoms with van der Waals surface area (Å²) < 4.78 is 5.15. The molecule has 1 aliphatic rings. The van der Waals surface area contributed by atoms with E-state index in [4.69, 9.17) is 4.42 Å². The fourth-order valence-corrected chi connectivity index (χ4v) is 2.58. The largest absolute Gasteiger partial charge is 0.461 e. The molecule has 1 aliphatic carbocycles. The molecule has 88 valence electrons. The molecule has 1 aromatic rings. The van der Waals surface area contributed by atoms with Crippen molar-refractivity contribution >= 4 is 5.78 Å². The van der Waals surface area contributed by atoms with Crippen LogP contribution >= 0.6 is 0 Å². The number of furan rings is 1. The summed E-state index contributed by atoms with van der Waals surface area (Å²) in [5.74, 6) is 0.599. The third-order valence-corrected chi connectivity index (χ3v) is 3.64. The van der Waals surface area contributed by atoms with E-state index in [-0.39, 0.29) is 11.3 Å². The molecule has 1 fully saturated rings. The SMILES string of the molecule is CNC1(CC(=O)c2ccco2)CCCCC1. The Hall–Kier alpha value is -1.09. The summed E-state index contributed by atoms with van der Waals surface area (Å²) in [4.78, 5) is 12.0. The average molecular weight is 221 g/mol. The van der Waals surface area contributed by atoms with E-state index < -0.39 is 0 Å². The zero-order chi connectivity index (χ0) is 11.4. The number of ketones is 1. The first-order valence-corrected chi connectivity index (χ1v) is 6.01. The van der Waals surface area contributed by atoms with Crippen molar-refractivity contribution < 1.29 is 9.21 Å². The fraction of sp³-hybridized carbons (Fsp3) is 0.615. The molecule has 0 aromatic carbocycles. The van der Waals surface area contributed by atoms with E-state index in [1.165, 1.54) is 19.3 Å². The monoisotopic (exact) mass is 221 g/mol. The minimum atomic E-state index is 0.00211. The highest BCUT2D eigenvalue weighted by Crippen LogP contribution is 2.31. The Balaban J connectivity index is 2.03. The van der Waals surface area contributed by atoms with Crippen LogP contribution in [0.4, 0.5) is 0 Å². The van der Waals surface area contributed by atoms with Gasteiger partial charge in [-0.2, -0.15) is 0 Å². The Labute approximate surface area is 96.2 Å². The first-order valence-electron chi connectivity index (χ1n) is 6.01. The van der Waals surface area contributed by atoms with Crippen LogP contribution in [-0.4, -0.2) is 18.4 Å². The third kappa shape index (κ3) is 2.35. The fourth-order valence-electron chi connectivity index (χ4n) is 2.58. The quantitative estimate of drug-likeness (QED) is 0.795. The standard InChI is InChI=1S/C13H19NO2/c1-14-13(7-3-2-4-8-13)10-11(15)12-6-5-9-16-12/h5-6,9,14H,2-4,7-8,10H2,1H3. The lowest BCUT2D eigenvalue weighted by Gasteiger charge is -2.36. The minimum absolute atomic E-state index is 0.00211. The van der Waals surface area contributed by atoms with Gasteiger partial charge in [-0.05, 0) is 32.0 Å². The predicted octanol–water partition coefficient (Wildman–Crippen LogP) is 2.77. The van der Waals surface area contributed by atoms with Gasteiger partial charge in [0.1, 0.15) is 0 Å². The zero-order valence-electron chi connectivity index (χ0n) is 9.79. The van der Waals surface area contributed by atoms with E-state index in [2.05, 4.69) is 5.32 Å². The first-order chi connectivity index (χ1) is 7.76. The third-order valence-electron chi connectivity index (χ3n) is 3.64. The normalized spacial score (nSPS) is 19.6. The van der Waals surface area contributed by atoms with Crippen molar-refractivity contribution in [1.29, 1.82) is 0 Å². The molecule has 0 unspecified atom stereocenters. The number of hydrogen-bond donors (Lipinski definition) is 1. The van der Waals surface area contributed by atoms with Crippen molar-refractivity contribution in [2.24, 2.45) is 0 Å². The summed E-state index contributed by atoms with van der Waals surface area (Å²) in [6.45, 7) is 0. The van der Waals surface area contributed by atoms with E-state index in [9.17, 15) is 4.79 Å². The lowest BCUT2D eigenvalue weighted by molar-refractivity contribution is 0.0887. The maximum absolute atomic E-state index is 12.0. The molecule has 0 radical (unpaired) electrons. The molecule has 0 amide bonds. The number of rotatable bonds is 4. The van der Waals surface area contributed by atoms with E-state index in [1.54, 1.807) is 18.4 Å². The van der Waals surface area contributed by atoms with Crippen molar-refractivity contribution in [3.63, 3.8) is 0 Å². The second-order valence-electron chi connectivity index (χ2n) is 4.67. The van der Waals surface area contributed by atoms with Gasteiger partial charge in [-0.1, -0.05) is 19.3 Å². The molecular weight excluding hydrogens is 202 g/mol. The van der Waals surface area contributed by atoms with Crippen LogP contribution in [0, 0.1) is 0 Å². The van der Waals surface area contributed by atoms with Gasteiger partial charge >= 0.3 is 0 Å². The number of hydrogen-bond acceptors (Lipinski definition) is 3. The van der Waals surface area contributed by atoms with Crippen LogP contribution in [0.25, 0.3) is 0 Å². The highest BCUT2D eigenvalue weighted by molar-refractivity contribution is 5.94. The number of carbonyl (C=O) groups is 1. The van der Waals surface area contributed by atoms with Gasteiger partial charge in [0, 0.05) is 12.0 Å². The van der Waals surface area contributed by atoms with Crippen LogP contribution in [0.2, 0.25) is 0 Å². The molecular formula is C13H19NO2. The van der Waals surface area contributed by atoms with Gasteiger partial charge in [0.25, 0.3) is 0 Å². The molecule has 1 N–H and O–H groups in total. The van der Waals surface area contributed by atoms with Crippen molar-refractivity contribution in [3.8, 4) is 0 Å². The van der Waals surface area contributed by atoms with Crippen LogP contribution in [0.15, 0.2) is 22.8 Å². The van der Waals surface area contributed by atoms with Crippen molar-refractivity contribution in [2.75, 3.05) is 7.05 Å². The van der Waals surface area contributed by atoms with Crippen molar-refractivity contribution in [3.05, 3.63) is 24.2 Å².